The molecule has 0 saturated heterocycles. The molecule has 0 radical (unpaired) electrons. The van der Waals surface area contributed by atoms with Crippen molar-refractivity contribution >= 4 is 0 Å². The Bertz CT molecular complexity index is 339. The molecular formula is C15H26O3. The van der Waals surface area contributed by atoms with Crippen molar-refractivity contribution in [2.24, 2.45) is 22.7 Å². The van der Waals surface area contributed by atoms with Crippen LogP contribution in [0.25, 0.3) is 0 Å². The monoisotopic (exact) mass is 254 g/mol. The largest absolute Gasteiger partial charge is 0.396 e. The lowest BCUT2D eigenvalue weighted by Gasteiger charge is -2.57. The highest BCUT2D eigenvalue weighted by molar-refractivity contribution is 5.19. The standard InChI is InChI=1S/C15H26O3/c1-11-4-5-13-14(2,9-17)6-3-7-15(13,10-18)12(11)8-16/h4,12-13,16-18H,3,5-10H2,1-2H3/t12-,13-,14+,15-/m1/s1. The molecule has 3 heteroatoms. The molecule has 0 aromatic carbocycles. The maximum Gasteiger partial charge on any atom is 0.0502 e. The van der Waals surface area contributed by atoms with Gasteiger partial charge in [0.1, 0.15) is 0 Å². The minimum absolute atomic E-state index is 0.0485. The van der Waals surface area contributed by atoms with Gasteiger partial charge in [0.25, 0.3) is 0 Å². The van der Waals surface area contributed by atoms with Gasteiger partial charge in [-0.15, -0.1) is 0 Å². The van der Waals surface area contributed by atoms with Gasteiger partial charge in [0.05, 0.1) is 6.61 Å². The fourth-order valence-corrected chi connectivity index (χ4v) is 4.51. The third-order valence-corrected chi connectivity index (χ3v) is 5.68. The van der Waals surface area contributed by atoms with Crippen molar-refractivity contribution in [3.63, 3.8) is 0 Å². The van der Waals surface area contributed by atoms with Crippen LogP contribution in [0.4, 0.5) is 0 Å². The number of hydrogen-bond donors (Lipinski definition) is 3. The highest BCUT2D eigenvalue weighted by Gasteiger charge is 2.55. The average molecular weight is 254 g/mol. The Labute approximate surface area is 110 Å². The lowest BCUT2D eigenvalue weighted by molar-refractivity contribution is -0.116. The maximum absolute atomic E-state index is 10.0. The molecule has 18 heavy (non-hydrogen) atoms. The highest BCUT2D eigenvalue weighted by atomic mass is 16.3. The SMILES string of the molecule is CC1=CC[C@@H]2[C@](C)(CO)CCC[C@@]2(CO)[C@@H]1CO. The van der Waals surface area contributed by atoms with Crippen LogP contribution >= 0.6 is 0 Å². The Hall–Kier alpha value is -0.380. The number of aliphatic hydroxyl groups excluding tert-OH is 3. The molecule has 0 unspecified atom stereocenters. The van der Waals surface area contributed by atoms with Gasteiger partial charge >= 0.3 is 0 Å². The topological polar surface area (TPSA) is 60.7 Å². The van der Waals surface area contributed by atoms with Gasteiger partial charge < -0.3 is 15.3 Å². The predicted molar refractivity (Wildman–Crippen MR) is 71.0 cm³/mol. The zero-order valence-corrected chi connectivity index (χ0v) is 11.5. The molecular weight excluding hydrogens is 228 g/mol. The first kappa shape index (κ1) is 14.0. The van der Waals surface area contributed by atoms with Crippen molar-refractivity contribution < 1.29 is 15.3 Å². The Balaban J connectivity index is 2.44. The molecule has 4 atom stereocenters. The third-order valence-electron chi connectivity index (χ3n) is 5.68. The van der Waals surface area contributed by atoms with Crippen LogP contribution in [0.15, 0.2) is 11.6 Å². The van der Waals surface area contributed by atoms with E-state index in [2.05, 4.69) is 19.9 Å². The van der Waals surface area contributed by atoms with Crippen molar-refractivity contribution in [3.05, 3.63) is 11.6 Å². The molecule has 0 bridgehead atoms. The van der Waals surface area contributed by atoms with Gasteiger partial charge in [-0.1, -0.05) is 25.0 Å². The van der Waals surface area contributed by atoms with E-state index >= 15 is 0 Å². The molecule has 1 fully saturated rings. The van der Waals surface area contributed by atoms with E-state index in [-0.39, 0.29) is 42.5 Å². The number of hydrogen-bond acceptors (Lipinski definition) is 3. The van der Waals surface area contributed by atoms with E-state index in [1.54, 1.807) is 0 Å². The normalized spacial score (nSPS) is 44.4. The van der Waals surface area contributed by atoms with Crippen molar-refractivity contribution in [1.82, 2.24) is 0 Å². The summed E-state index contributed by atoms with van der Waals surface area (Å²) >= 11 is 0. The summed E-state index contributed by atoms with van der Waals surface area (Å²) in [5.74, 6) is 0.321. The molecule has 0 amide bonds. The van der Waals surface area contributed by atoms with Crippen LogP contribution in [0, 0.1) is 22.7 Å². The molecule has 2 rings (SSSR count). The van der Waals surface area contributed by atoms with E-state index in [9.17, 15) is 15.3 Å². The molecule has 0 aromatic rings. The van der Waals surface area contributed by atoms with Gasteiger partial charge in [-0.3, -0.25) is 0 Å². The zero-order valence-electron chi connectivity index (χ0n) is 11.5. The van der Waals surface area contributed by atoms with E-state index in [0.29, 0.717) is 0 Å². The van der Waals surface area contributed by atoms with E-state index in [1.807, 2.05) is 0 Å². The first-order chi connectivity index (χ1) is 8.54. The summed E-state index contributed by atoms with van der Waals surface area (Å²) in [7, 11) is 0. The second-order valence-corrected chi connectivity index (χ2v) is 6.53. The summed E-state index contributed by atoms with van der Waals surface area (Å²) in [6.07, 6.45) is 6.11. The van der Waals surface area contributed by atoms with Gasteiger partial charge in [-0.05, 0) is 37.5 Å². The van der Waals surface area contributed by atoms with E-state index in [1.165, 1.54) is 5.57 Å². The Kier molecular flexibility index (Phi) is 3.86. The molecule has 3 nitrogen and oxygen atoms in total. The summed E-state index contributed by atoms with van der Waals surface area (Å²) in [6, 6.07) is 0. The minimum atomic E-state index is -0.233. The lowest BCUT2D eigenvalue weighted by atomic mass is 9.48. The number of rotatable bonds is 3. The first-order valence-corrected chi connectivity index (χ1v) is 7.03. The second-order valence-electron chi connectivity index (χ2n) is 6.53. The fourth-order valence-electron chi connectivity index (χ4n) is 4.51. The van der Waals surface area contributed by atoms with Gasteiger partial charge in [0, 0.05) is 24.5 Å². The van der Waals surface area contributed by atoms with E-state index < -0.39 is 0 Å². The molecule has 0 spiro atoms. The number of allylic oxidation sites excluding steroid dienone is 1. The average Bonchev–Trinajstić information content (AvgIpc) is 2.38. The van der Waals surface area contributed by atoms with Gasteiger partial charge in [-0.2, -0.15) is 0 Å². The molecule has 0 aromatic heterocycles. The quantitative estimate of drug-likeness (QED) is 0.672. The van der Waals surface area contributed by atoms with Crippen LogP contribution in [0.5, 0.6) is 0 Å². The summed E-state index contributed by atoms with van der Waals surface area (Å²) in [6.45, 7) is 4.57. The zero-order chi connectivity index (χ0) is 13.4. The van der Waals surface area contributed by atoms with E-state index in [4.69, 9.17) is 0 Å². The number of aliphatic hydroxyl groups is 3. The minimum Gasteiger partial charge on any atom is -0.396 e. The summed E-state index contributed by atoms with van der Waals surface area (Å²) < 4.78 is 0. The molecule has 2 aliphatic carbocycles. The van der Waals surface area contributed by atoms with Crippen LogP contribution in [-0.2, 0) is 0 Å². The Morgan fingerprint density at radius 1 is 1.22 bits per heavy atom. The van der Waals surface area contributed by atoms with Crippen LogP contribution < -0.4 is 0 Å². The molecule has 3 N–H and O–H groups in total. The van der Waals surface area contributed by atoms with Crippen molar-refractivity contribution in [3.8, 4) is 0 Å². The van der Waals surface area contributed by atoms with E-state index in [0.717, 1.165) is 25.7 Å². The second kappa shape index (κ2) is 4.95. The van der Waals surface area contributed by atoms with Gasteiger partial charge in [-0.25, -0.2) is 0 Å². The van der Waals surface area contributed by atoms with Crippen LogP contribution in [-0.4, -0.2) is 35.1 Å². The Morgan fingerprint density at radius 3 is 2.50 bits per heavy atom. The highest BCUT2D eigenvalue weighted by Crippen LogP contribution is 2.59. The number of fused-ring (bicyclic) bond motifs is 1. The molecule has 2 aliphatic rings. The van der Waals surface area contributed by atoms with Crippen molar-refractivity contribution in [1.29, 1.82) is 0 Å². The molecule has 1 saturated carbocycles. The predicted octanol–water partition coefficient (Wildman–Crippen LogP) is 1.72. The summed E-state index contributed by atoms with van der Waals surface area (Å²) in [4.78, 5) is 0. The summed E-state index contributed by atoms with van der Waals surface area (Å²) in [5.41, 5.74) is 0.847. The van der Waals surface area contributed by atoms with Crippen molar-refractivity contribution in [2.45, 2.75) is 39.5 Å². The third kappa shape index (κ3) is 1.84. The van der Waals surface area contributed by atoms with Crippen LogP contribution in [0.1, 0.15) is 39.5 Å². The Morgan fingerprint density at radius 2 is 1.94 bits per heavy atom. The first-order valence-electron chi connectivity index (χ1n) is 7.03. The lowest BCUT2D eigenvalue weighted by Crippen LogP contribution is -2.55. The van der Waals surface area contributed by atoms with Crippen LogP contribution in [0.3, 0.4) is 0 Å². The molecule has 104 valence electrons. The van der Waals surface area contributed by atoms with Crippen molar-refractivity contribution in [2.75, 3.05) is 19.8 Å². The molecule has 0 heterocycles. The molecule has 0 aliphatic heterocycles. The van der Waals surface area contributed by atoms with Gasteiger partial charge in [0.2, 0.25) is 0 Å². The maximum atomic E-state index is 10.0. The summed E-state index contributed by atoms with van der Waals surface area (Å²) in [5, 5.41) is 29.5. The van der Waals surface area contributed by atoms with Gasteiger partial charge in [0.15, 0.2) is 0 Å². The van der Waals surface area contributed by atoms with Crippen LogP contribution in [0.2, 0.25) is 0 Å². The smallest absolute Gasteiger partial charge is 0.0502 e. The fraction of sp³-hybridized carbons (Fsp3) is 0.867.